The Labute approximate surface area is 173 Å². The average Bonchev–Trinajstić information content (AvgIpc) is 3.36. The molecule has 3 aliphatic heterocycles. The molecule has 0 spiro atoms. The third kappa shape index (κ3) is 2.92. The molecule has 5 rings (SSSR count). The van der Waals surface area contributed by atoms with Gasteiger partial charge in [0.1, 0.15) is 5.75 Å². The molecule has 0 aromatic heterocycles. The summed E-state index contributed by atoms with van der Waals surface area (Å²) >= 11 is 0. The molecule has 3 heterocycles. The summed E-state index contributed by atoms with van der Waals surface area (Å²) in [6.45, 7) is 0.998. The van der Waals surface area contributed by atoms with Gasteiger partial charge in [-0.05, 0) is 35.4 Å². The van der Waals surface area contributed by atoms with Gasteiger partial charge in [-0.1, -0.05) is 18.2 Å². The molecule has 0 aliphatic carbocycles. The molecule has 1 N–H and O–H groups in total. The second-order valence-corrected chi connectivity index (χ2v) is 7.42. The minimum Gasteiger partial charge on any atom is -0.497 e. The number of nitrogens with one attached hydrogen (secondary N) is 1. The summed E-state index contributed by atoms with van der Waals surface area (Å²) < 4.78 is 16.0. The summed E-state index contributed by atoms with van der Waals surface area (Å²) in [4.78, 5) is 29.2. The Kier molecular flexibility index (Phi) is 4.27. The summed E-state index contributed by atoms with van der Waals surface area (Å²) in [5.41, 5.74) is 3.10. The van der Waals surface area contributed by atoms with E-state index >= 15 is 0 Å². The number of hydrogen-bond donors (Lipinski definition) is 1. The number of urea groups is 1. The van der Waals surface area contributed by atoms with Gasteiger partial charge in [0.05, 0.1) is 31.0 Å². The van der Waals surface area contributed by atoms with Crippen LogP contribution < -0.4 is 19.5 Å². The van der Waals surface area contributed by atoms with Crippen LogP contribution in [0.2, 0.25) is 0 Å². The SMILES string of the molecule is COc1ccc(C2NC(=O)N(C)C3=C2C(=O)N(Cc2ccc4c(c2)OCO4)C3)cc1. The van der Waals surface area contributed by atoms with Gasteiger partial charge in [-0.25, -0.2) is 4.79 Å². The molecule has 8 nitrogen and oxygen atoms in total. The Morgan fingerprint density at radius 2 is 1.87 bits per heavy atom. The van der Waals surface area contributed by atoms with Crippen LogP contribution in [0.3, 0.4) is 0 Å². The van der Waals surface area contributed by atoms with Gasteiger partial charge in [-0.2, -0.15) is 0 Å². The van der Waals surface area contributed by atoms with Crippen LogP contribution in [-0.2, 0) is 11.3 Å². The maximum atomic E-state index is 13.3. The first-order valence-electron chi connectivity index (χ1n) is 9.64. The van der Waals surface area contributed by atoms with Crippen LogP contribution in [-0.4, -0.2) is 49.2 Å². The van der Waals surface area contributed by atoms with Crippen molar-refractivity contribution < 1.29 is 23.8 Å². The van der Waals surface area contributed by atoms with Gasteiger partial charge in [0.15, 0.2) is 11.5 Å². The zero-order chi connectivity index (χ0) is 20.8. The van der Waals surface area contributed by atoms with Crippen molar-refractivity contribution in [3.05, 3.63) is 64.9 Å². The number of ether oxygens (including phenoxy) is 3. The number of hydrogen-bond acceptors (Lipinski definition) is 5. The number of carbonyl (C=O) groups is 2. The lowest BCUT2D eigenvalue weighted by molar-refractivity contribution is -0.126. The molecule has 2 aromatic rings. The Morgan fingerprint density at radius 1 is 1.10 bits per heavy atom. The highest BCUT2D eigenvalue weighted by Crippen LogP contribution is 2.38. The molecule has 0 radical (unpaired) electrons. The Hall–Kier alpha value is -3.68. The Morgan fingerprint density at radius 3 is 2.63 bits per heavy atom. The van der Waals surface area contributed by atoms with Crippen molar-refractivity contribution in [1.29, 1.82) is 0 Å². The summed E-state index contributed by atoms with van der Waals surface area (Å²) in [5.74, 6) is 2.02. The minimum atomic E-state index is -0.496. The van der Waals surface area contributed by atoms with Crippen molar-refractivity contribution in [1.82, 2.24) is 15.1 Å². The molecule has 30 heavy (non-hydrogen) atoms. The maximum Gasteiger partial charge on any atom is 0.322 e. The third-order valence-corrected chi connectivity index (χ3v) is 5.69. The molecule has 0 saturated heterocycles. The van der Waals surface area contributed by atoms with E-state index in [0.717, 1.165) is 22.6 Å². The van der Waals surface area contributed by atoms with Crippen molar-refractivity contribution in [2.75, 3.05) is 27.5 Å². The van der Waals surface area contributed by atoms with Gasteiger partial charge in [0, 0.05) is 13.6 Å². The van der Waals surface area contributed by atoms with Crippen LogP contribution in [0.1, 0.15) is 17.2 Å². The number of fused-ring (bicyclic) bond motifs is 1. The van der Waals surface area contributed by atoms with Crippen molar-refractivity contribution in [3.8, 4) is 17.2 Å². The van der Waals surface area contributed by atoms with Crippen molar-refractivity contribution in [3.63, 3.8) is 0 Å². The topological polar surface area (TPSA) is 80.3 Å². The first-order chi connectivity index (χ1) is 14.5. The lowest BCUT2D eigenvalue weighted by Gasteiger charge is -2.31. The van der Waals surface area contributed by atoms with E-state index in [2.05, 4.69) is 5.32 Å². The number of methoxy groups -OCH3 is 1. The molecule has 0 saturated carbocycles. The number of carbonyl (C=O) groups excluding carboxylic acids is 2. The van der Waals surface area contributed by atoms with Crippen LogP contribution in [0.25, 0.3) is 0 Å². The van der Waals surface area contributed by atoms with Gasteiger partial charge in [-0.3, -0.25) is 9.69 Å². The fourth-order valence-corrected chi connectivity index (χ4v) is 4.06. The first kappa shape index (κ1) is 18.4. The Bertz CT molecular complexity index is 1060. The molecule has 1 unspecified atom stereocenters. The predicted molar refractivity (Wildman–Crippen MR) is 107 cm³/mol. The largest absolute Gasteiger partial charge is 0.497 e. The lowest BCUT2D eigenvalue weighted by atomic mass is 9.95. The van der Waals surface area contributed by atoms with Crippen LogP contribution >= 0.6 is 0 Å². The molecule has 0 fully saturated rings. The van der Waals surface area contributed by atoms with Gasteiger partial charge < -0.3 is 24.4 Å². The van der Waals surface area contributed by atoms with E-state index in [1.165, 1.54) is 4.90 Å². The molecule has 1 atom stereocenters. The smallest absolute Gasteiger partial charge is 0.322 e. The molecular formula is C22H21N3O5. The molecule has 0 bridgehead atoms. The van der Waals surface area contributed by atoms with Crippen molar-refractivity contribution >= 4 is 11.9 Å². The highest BCUT2D eigenvalue weighted by atomic mass is 16.7. The third-order valence-electron chi connectivity index (χ3n) is 5.69. The maximum absolute atomic E-state index is 13.3. The van der Waals surface area contributed by atoms with E-state index in [-0.39, 0.29) is 18.7 Å². The van der Waals surface area contributed by atoms with Crippen LogP contribution in [0, 0.1) is 0 Å². The molecule has 154 valence electrons. The fraction of sp³-hybridized carbons (Fsp3) is 0.273. The zero-order valence-corrected chi connectivity index (χ0v) is 16.7. The second kappa shape index (κ2) is 6.98. The first-order valence-corrected chi connectivity index (χ1v) is 9.64. The number of amides is 3. The second-order valence-electron chi connectivity index (χ2n) is 7.42. The van der Waals surface area contributed by atoms with Gasteiger partial charge >= 0.3 is 6.03 Å². The minimum absolute atomic E-state index is 0.0877. The normalized spacial score (nSPS) is 19.9. The van der Waals surface area contributed by atoms with E-state index in [1.54, 1.807) is 19.1 Å². The van der Waals surface area contributed by atoms with Gasteiger partial charge in [0.2, 0.25) is 6.79 Å². The summed E-state index contributed by atoms with van der Waals surface area (Å²) in [6.07, 6.45) is 0. The van der Waals surface area contributed by atoms with Crippen LogP contribution in [0.15, 0.2) is 53.7 Å². The predicted octanol–water partition coefficient (Wildman–Crippen LogP) is 2.42. The molecule has 3 amide bonds. The van der Waals surface area contributed by atoms with Crippen LogP contribution in [0.5, 0.6) is 17.2 Å². The quantitative estimate of drug-likeness (QED) is 0.842. The van der Waals surface area contributed by atoms with Crippen LogP contribution in [0.4, 0.5) is 4.79 Å². The average molecular weight is 407 g/mol. The highest BCUT2D eigenvalue weighted by molar-refractivity contribution is 6.01. The van der Waals surface area contributed by atoms with E-state index in [0.29, 0.717) is 30.2 Å². The monoisotopic (exact) mass is 407 g/mol. The fourth-order valence-electron chi connectivity index (χ4n) is 4.06. The summed E-state index contributed by atoms with van der Waals surface area (Å²) in [5, 5.41) is 2.94. The molecular weight excluding hydrogens is 386 g/mol. The standard InChI is InChI=1S/C22H21N3O5/c1-24-16-11-25(10-13-3-8-17-18(9-13)30-12-29-17)21(26)19(16)20(23-22(24)27)14-4-6-15(28-2)7-5-14/h3-9,20H,10-12H2,1-2H3,(H,23,27). The van der Waals surface area contributed by atoms with E-state index in [1.807, 2.05) is 42.5 Å². The summed E-state index contributed by atoms with van der Waals surface area (Å²) in [6, 6.07) is 12.3. The summed E-state index contributed by atoms with van der Waals surface area (Å²) in [7, 11) is 3.29. The number of nitrogens with zero attached hydrogens (tertiary/aromatic N) is 2. The molecule has 3 aliphatic rings. The highest BCUT2D eigenvalue weighted by Gasteiger charge is 2.42. The van der Waals surface area contributed by atoms with Crippen molar-refractivity contribution in [2.45, 2.75) is 12.6 Å². The Balaban J connectivity index is 1.43. The van der Waals surface area contributed by atoms with Gasteiger partial charge in [0.25, 0.3) is 5.91 Å². The lowest BCUT2D eigenvalue weighted by Crippen LogP contribution is -2.45. The number of benzene rings is 2. The molecule has 2 aromatic carbocycles. The number of likely N-dealkylation sites (N-methyl/N-ethyl adjacent to an activating group) is 1. The van der Waals surface area contributed by atoms with E-state index < -0.39 is 6.04 Å². The molecule has 8 heteroatoms. The van der Waals surface area contributed by atoms with Crippen molar-refractivity contribution in [2.24, 2.45) is 0 Å². The van der Waals surface area contributed by atoms with E-state index in [9.17, 15) is 9.59 Å². The number of rotatable bonds is 4. The van der Waals surface area contributed by atoms with E-state index in [4.69, 9.17) is 14.2 Å². The zero-order valence-electron chi connectivity index (χ0n) is 16.7. The van der Waals surface area contributed by atoms with Gasteiger partial charge in [-0.15, -0.1) is 0 Å².